The van der Waals surface area contributed by atoms with Crippen molar-refractivity contribution < 1.29 is 13.2 Å². The van der Waals surface area contributed by atoms with Crippen molar-refractivity contribution in [3.8, 4) is 5.75 Å². The molecule has 1 N–H and O–H groups in total. The van der Waals surface area contributed by atoms with E-state index in [1.165, 1.54) is 11.1 Å². The van der Waals surface area contributed by atoms with Gasteiger partial charge in [0.2, 0.25) is 0 Å². The maximum absolute atomic E-state index is 12.5. The van der Waals surface area contributed by atoms with Crippen LogP contribution in [-0.2, 0) is 16.4 Å². The molecule has 1 aromatic carbocycles. The molecule has 0 aliphatic heterocycles. The van der Waals surface area contributed by atoms with E-state index < -0.39 is 10.0 Å². The van der Waals surface area contributed by atoms with Crippen LogP contribution in [0.1, 0.15) is 49.8 Å². The molecule has 3 rings (SSSR count). The highest BCUT2D eigenvalue weighted by Crippen LogP contribution is 2.33. The standard InChI is InChI=1S/C18H25N3O3S/c1-13(2)21-11-18(19-12-21)25(22,23)20-10-15-6-4-5-14-9-16(24-3)7-8-17(14)15/h7-9,11-13,15,20H,4-6,10H2,1-3H3/t15-/m1/s1. The van der Waals surface area contributed by atoms with Crippen LogP contribution in [0.25, 0.3) is 0 Å². The van der Waals surface area contributed by atoms with Crippen LogP contribution >= 0.6 is 0 Å². The van der Waals surface area contributed by atoms with Gasteiger partial charge in [0.25, 0.3) is 10.0 Å². The van der Waals surface area contributed by atoms with Crippen molar-refractivity contribution in [2.45, 2.75) is 50.1 Å². The third-order valence-electron chi connectivity index (χ3n) is 4.76. The average molecular weight is 363 g/mol. The lowest BCUT2D eigenvalue weighted by atomic mass is 9.83. The van der Waals surface area contributed by atoms with Crippen LogP contribution in [0.3, 0.4) is 0 Å². The molecule has 6 nitrogen and oxygen atoms in total. The first-order valence-corrected chi connectivity index (χ1v) is 10.1. The van der Waals surface area contributed by atoms with Gasteiger partial charge >= 0.3 is 0 Å². The Hall–Kier alpha value is -1.86. The van der Waals surface area contributed by atoms with Crippen molar-refractivity contribution >= 4 is 10.0 Å². The van der Waals surface area contributed by atoms with Crippen LogP contribution < -0.4 is 9.46 Å². The van der Waals surface area contributed by atoms with Gasteiger partial charge in [-0.2, -0.15) is 0 Å². The van der Waals surface area contributed by atoms with Crippen molar-refractivity contribution in [1.82, 2.24) is 14.3 Å². The average Bonchev–Trinajstić information content (AvgIpc) is 3.10. The Balaban J connectivity index is 1.73. The van der Waals surface area contributed by atoms with E-state index in [0.717, 1.165) is 25.0 Å². The maximum Gasteiger partial charge on any atom is 0.259 e. The number of hydrogen-bond donors (Lipinski definition) is 1. The van der Waals surface area contributed by atoms with Crippen molar-refractivity contribution in [1.29, 1.82) is 0 Å². The summed E-state index contributed by atoms with van der Waals surface area (Å²) < 4.78 is 34.8. The molecule has 0 fully saturated rings. The molecule has 0 saturated carbocycles. The zero-order chi connectivity index (χ0) is 18.0. The second-order valence-corrected chi connectivity index (χ2v) is 8.47. The number of sulfonamides is 1. The van der Waals surface area contributed by atoms with Gasteiger partial charge in [-0.05, 0) is 62.3 Å². The number of benzene rings is 1. The van der Waals surface area contributed by atoms with E-state index in [1.54, 1.807) is 24.2 Å². The number of imidazole rings is 1. The van der Waals surface area contributed by atoms with Crippen LogP contribution in [0.15, 0.2) is 35.7 Å². The number of nitrogens with one attached hydrogen (secondary N) is 1. The zero-order valence-corrected chi connectivity index (χ0v) is 15.7. The molecule has 0 radical (unpaired) electrons. The molecule has 1 heterocycles. The molecule has 0 spiro atoms. The third-order valence-corrected chi connectivity index (χ3v) is 6.07. The van der Waals surface area contributed by atoms with E-state index in [-0.39, 0.29) is 17.0 Å². The smallest absolute Gasteiger partial charge is 0.259 e. The summed E-state index contributed by atoms with van der Waals surface area (Å²) in [5.74, 6) is 1.02. The van der Waals surface area contributed by atoms with Crippen LogP contribution in [0.4, 0.5) is 0 Å². The summed E-state index contributed by atoms with van der Waals surface area (Å²) in [6.07, 6.45) is 6.17. The zero-order valence-electron chi connectivity index (χ0n) is 14.9. The van der Waals surface area contributed by atoms with Gasteiger partial charge in [0, 0.05) is 18.8 Å². The Morgan fingerprint density at radius 1 is 1.40 bits per heavy atom. The Bertz CT molecular complexity index is 843. The predicted molar refractivity (Wildman–Crippen MR) is 96.5 cm³/mol. The number of hydrogen-bond acceptors (Lipinski definition) is 4. The van der Waals surface area contributed by atoms with Gasteiger partial charge in [-0.3, -0.25) is 0 Å². The molecular formula is C18H25N3O3S. The van der Waals surface area contributed by atoms with Gasteiger partial charge in [-0.1, -0.05) is 6.07 Å². The van der Waals surface area contributed by atoms with Gasteiger partial charge in [0.1, 0.15) is 5.75 Å². The number of rotatable bonds is 6. The minimum absolute atomic E-state index is 0.0759. The summed E-state index contributed by atoms with van der Waals surface area (Å²) in [4.78, 5) is 4.04. The first kappa shape index (κ1) is 17.9. The van der Waals surface area contributed by atoms with E-state index in [4.69, 9.17) is 4.74 Å². The fourth-order valence-electron chi connectivity index (χ4n) is 3.25. The molecule has 136 valence electrons. The summed E-state index contributed by atoms with van der Waals surface area (Å²) in [6, 6.07) is 6.23. The van der Waals surface area contributed by atoms with Crippen molar-refractivity contribution in [3.05, 3.63) is 41.9 Å². The number of methoxy groups -OCH3 is 1. The van der Waals surface area contributed by atoms with E-state index in [1.807, 2.05) is 19.9 Å². The number of aromatic nitrogens is 2. The molecule has 1 aromatic heterocycles. The highest BCUT2D eigenvalue weighted by molar-refractivity contribution is 7.89. The van der Waals surface area contributed by atoms with Gasteiger partial charge in [-0.25, -0.2) is 18.1 Å². The summed E-state index contributed by atoms with van der Waals surface area (Å²) in [5, 5.41) is 0.0759. The van der Waals surface area contributed by atoms with E-state index >= 15 is 0 Å². The van der Waals surface area contributed by atoms with Crippen LogP contribution in [0, 0.1) is 0 Å². The van der Waals surface area contributed by atoms with Crippen molar-refractivity contribution in [2.75, 3.05) is 13.7 Å². The van der Waals surface area contributed by atoms with Crippen LogP contribution in [0.2, 0.25) is 0 Å². The highest BCUT2D eigenvalue weighted by atomic mass is 32.2. The van der Waals surface area contributed by atoms with Gasteiger partial charge in [0.15, 0.2) is 5.03 Å². The lowest BCUT2D eigenvalue weighted by Gasteiger charge is -2.26. The molecule has 0 saturated heterocycles. The number of fused-ring (bicyclic) bond motifs is 1. The van der Waals surface area contributed by atoms with E-state index in [2.05, 4.69) is 21.8 Å². The minimum Gasteiger partial charge on any atom is -0.497 e. The third kappa shape index (κ3) is 3.88. The van der Waals surface area contributed by atoms with Gasteiger partial charge in [-0.15, -0.1) is 0 Å². The first-order valence-electron chi connectivity index (χ1n) is 8.60. The lowest BCUT2D eigenvalue weighted by Crippen LogP contribution is -2.30. The molecule has 0 unspecified atom stereocenters. The largest absolute Gasteiger partial charge is 0.497 e. The van der Waals surface area contributed by atoms with Gasteiger partial charge in [0.05, 0.1) is 13.4 Å². The number of aryl methyl sites for hydroxylation is 1. The summed E-state index contributed by atoms with van der Waals surface area (Å²) in [7, 11) is -1.94. The summed E-state index contributed by atoms with van der Waals surface area (Å²) in [5.41, 5.74) is 2.46. The normalized spacial score (nSPS) is 17.5. The van der Waals surface area contributed by atoms with E-state index in [9.17, 15) is 8.42 Å². The molecule has 0 bridgehead atoms. The summed E-state index contributed by atoms with van der Waals surface area (Å²) in [6.45, 7) is 4.35. The highest BCUT2D eigenvalue weighted by Gasteiger charge is 2.24. The van der Waals surface area contributed by atoms with Crippen LogP contribution in [0.5, 0.6) is 5.75 Å². The second-order valence-electron chi connectivity index (χ2n) is 6.76. The molecule has 1 aliphatic carbocycles. The van der Waals surface area contributed by atoms with Crippen molar-refractivity contribution in [2.24, 2.45) is 0 Å². The fourth-order valence-corrected chi connectivity index (χ4v) is 4.27. The monoisotopic (exact) mass is 363 g/mol. The summed E-state index contributed by atoms with van der Waals surface area (Å²) >= 11 is 0. The minimum atomic E-state index is -3.59. The predicted octanol–water partition coefficient (Wildman–Crippen LogP) is 2.87. The Morgan fingerprint density at radius 3 is 2.88 bits per heavy atom. The van der Waals surface area contributed by atoms with E-state index in [0.29, 0.717) is 6.54 Å². The molecule has 1 aliphatic rings. The maximum atomic E-state index is 12.5. The Labute approximate surface area is 149 Å². The first-order chi connectivity index (χ1) is 11.9. The molecule has 1 atom stereocenters. The second kappa shape index (κ2) is 7.17. The molecule has 0 amide bonds. The molecule has 25 heavy (non-hydrogen) atoms. The Morgan fingerprint density at radius 2 is 2.20 bits per heavy atom. The molecule has 7 heteroatoms. The SMILES string of the molecule is COc1ccc2c(c1)CCC[C@@H]2CNS(=O)(=O)c1cn(C(C)C)cn1. The Kier molecular flexibility index (Phi) is 5.15. The fraction of sp³-hybridized carbons (Fsp3) is 0.500. The topological polar surface area (TPSA) is 73.2 Å². The van der Waals surface area contributed by atoms with Gasteiger partial charge < -0.3 is 9.30 Å². The molecule has 2 aromatic rings. The number of ether oxygens (including phenoxy) is 1. The lowest BCUT2D eigenvalue weighted by molar-refractivity contribution is 0.412. The molecular weight excluding hydrogens is 338 g/mol. The van der Waals surface area contributed by atoms with Crippen LogP contribution in [-0.4, -0.2) is 31.6 Å². The number of nitrogens with zero attached hydrogens (tertiary/aromatic N) is 2. The quantitative estimate of drug-likeness (QED) is 0.856. The van der Waals surface area contributed by atoms with Crippen molar-refractivity contribution in [3.63, 3.8) is 0 Å².